The van der Waals surface area contributed by atoms with Gasteiger partial charge in [-0.1, -0.05) is 6.07 Å². The molecule has 2 aromatic carbocycles. The number of aromatic nitrogens is 2. The average molecular weight is 679 g/mol. The number of nitrogens with one attached hydrogen (secondary N) is 1. The molecule has 1 saturated carbocycles. The summed E-state index contributed by atoms with van der Waals surface area (Å²) >= 11 is 0. The molecule has 3 aliphatic rings. The standard InChI is InChI=1S/C35H30F4N4O6/c1-33(32(46)43-12-10-23(44)16-43)18-48-30-25(33)15-27(42-29(30)19-4-6-22(36)7-5-19)34(47,35(37,38)39)17-41-31(45)21-13-20-3-2-11-40-28(20)26(14-21)49-24-8-9-24/h2-7,11,13-15,24,47H,8-10,12,16-18H2,1H3,(H,41,45)/t33-,34-/m0/s1. The van der Waals surface area contributed by atoms with E-state index < -0.39 is 47.1 Å². The zero-order valence-corrected chi connectivity index (χ0v) is 26.1. The molecule has 1 aliphatic carbocycles. The molecule has 2 N–H and O–H groups in total. The van der Waals surface area contributed by atoms with Crippen molar-refractivity contribution in [3.05, 3.63) is 83.4 Å². The summed E-state index contributed by atoms with van der Waals surface area (Å²) in [4.78, 5) is 49.0. The second-order valence-corrected chi connectivity index (χ2v) is 12.8. The van der Waals surface area contributed by atoms with Crippen LogP contribution < -0.4 is 14.8 Å². The second kappa shape index (κ2) is 11.8. The van der Waals surface area contributed by atoms with Crippen molar-refractivity contribution < 1.29 is 46.5 Å². The summed E-state index contributed by atoms with van der Waals surface area (Å²) in [5.74, 6) is -1.94. The predicted octanol–water partition coefficient (Wildman–Crippen LogP) is 4.61. The van der Waals surface area contributed by atoms with Crippen LogP contribution in [-0.2, 0) is 20.6 Å². The quantitative estimate of drug-likeness (QED) is 0.259. The van der Waals surface area contributed by atoms with E-state index in [9.17, 15) is 37.1 Å². The van der Waals surface area contributed by atoms with Gasteiger partial charge in [0, 0.05) is 41.2 Å². The first-order valence-corrected chi connectivity index (χ1v) is 15.7. The number of amides is 2. The molecule has 2 aromatic heterocycles. The van der Waals surface area contributed by atoms with Crippen LogP contribution in [0.2, 0.25) is 0 Å². The second-order valence-electron chi connectivity index (χ2n) is 12.8. The number of ether oxygens (including phenoxy) is 2. The number of halogens is 4. The Morgan fingerprint density at radius 1 is 1.14 bits per heavy atom. The number of fused-ring (bicyclic) bond motifs is 2. The zero-order chi connectivity index (χ0) is 34.7. The van der Waals surface area contributed by atoms with Crippen molar-refractivity contribution in [1.29, 1.82) is 0 Å². The predicted molar refractivity (Wildman–Crippen MR) is 166 cm³/mol. The lowest BCUT2D eigenvalue weighted by molar-refractivity contribution is -0.265. The smallest absolute Gasteiger partial charge is 0.424 e. The summed E-state index contributed by atoms with van der Waals surface area (Å²) in [5, 5.41) is 14.2. The van der Waals surface area contributed by atoms with Crippen LogP contribution in [-0.4, -0.2) is 76.1 Å². The number of alkyl halides is 3. The maximum Gasteiger partial charge on any atom is 0.424 e. The Hall–Kier alpha value is -5.11. The number of likely N-dealkylation sites (tertiary alicyclic amines) is 1. The van der Waals surface area contributed by atoms with Crippen LogP contribution in [0.25, 0.3) is 22.2 Å². The van der Waals surface area contributed by atoms with Crippen molar-refractivity contribution >= 4 is 28.5 Å². The maximum absolute atomic E-state index is 15.0. The molecule has 1 saturated heterocycles. The maximum atomic E-state index is 15.0. The molecule has 0 spiro atoms. The fourth-order valence-corrected chi connectivity index (χ4v) is 6.12. The molecule has 2 fully saturated rings. The highest BCUT2D eigenvalue weighted by Gasteiger charge is 2.58. The van der Waals surface area contributed by atoms with E-state index in [0.29, 0.717) is 16.7 Å². The van der Waals surface area contributed by atoms with Gasteiger partial charge in [-0.15, -0.1) is 0 Å². The first kappa shape index (κ1) is 32.4. The van der Waals surface area contributed by atoms with Gasteiger partial charge in [-0.2, -0.15) is 13.2 Å². The van der Waals surface area contributed by atoms with Gasteiger partial charge in [-0.3, -0.25) is 19.4 Å². The summed E-state index contributed by atoms with van der Waals surface area (Å²) in [6.07, 6.45) is -2.08. The minimum atomic E-state index is -5.38. The number of hydrogen-bond donors (Lipinski definition) is 2. The zero-order valence-electron chi connectivity index (χ0n) is 26.1. The third-order valence-corrected chi connectivity index (χ3v) is 9.12. The SMILES string of the molecule is C[C@]1(C(=O)N2CCC(=O)C2)COc2c1cc([C@@](O)(CNC(=O)c1cc(OC3CC3)c3ncccc3c1)C(F)(F)F)nc2-c1ccc(F)cc1. The highest BCUT2D eigenvalue weighted by molar-refractivity contribution is 6.00. The summed E-state index contributed by atoms with van der Waals surface area (Å²) < 4.78 is 70.6. The summed E-state index contributed by atoms with van der Waals surface area (Å²) in [5.41, 5.74) is -5.76. The Morgan fingerprint density at radius 2 is 1.90 bits per heavy atom. The van der Waals surface area contributed by atoms with Crippen LogP contribution in [0.5, 0.6) is 11.5 Å². The third kappa shape index (κ3) is 5.83. The van der Waals surface area contributed by atoms with Crippen LogP contribution in [0.4, 0.5) is 17.6 Å². The molecule has 2 aliphatic heterocycles. The number of hydrogen-bond acceptors (Lipinski definition) is 8. The summed E-state index contributed by atoms with van der Waals surface area (Å²) in [6.45, 7) is -0.160. The number of ketones is 1. The van der Waals surface area contributed by atoms with Gasteiger partial charge in [-0.25, -0.2) is 9.37 Å². The van der Waals surface area contributed by atoms with Crippen molar-refractivity contribution in [1.82, 2.24) is 20.2 Å². The van der Waals surface area contributed by atoms with Gasteiger partial charge in [0.1, 0.15) is 40.5 Å². The third-order valence-electron chi connectivity index (χ3n) is 9.12. The van der Waals surface area contributed by atoms with Crippen molar-refractivity contribution in [2.45, 2.75) is 49.5 Å². The molecule has 4 aromatic rings. The Kier molecular flexibility index (Phi) is 7.81. The lowest BCUT2D eigenvalue weighted by atomic mass is 9.81. The van der Waals surface area contributed by atoms with Gasteiger partial charge in [0.2, 0.25) is 11.5 Å². The van der Waals surface area contributed by atoms with Gasteiger partial charge in [0.25, 0.3) is 5.91 Å². The molecular weight excluding hydrogens is 648 g/mol. The fourth-order valence-electron chi connectivity index (χ4n) is 6.12. The fraction of sp³-hybridized carbons (Fsp3) is 0.343. The van der Waals surface area contributed by atoms with E-state index >= 15 is 0 Å². The molecule has 49 heavy (non-hydrogen) atoms. The van der Waals surface area contributed by atoms with Crippen LogP contribution in [0, 0.1) is 5.82 Å². The topological polar surface area (TPSA) is 131 Å². The molecule has 7 rings (SSSR count). The molecule has 4 heterocycles. The van der Waals surface area contributed by atoms with Crippen molar-refractivity contribution in [3.63, 3.8) is 0 Å². The van der Waals surface area contributed by atoms with E-state index in [4.69, 9.17) is 9.47 Å². The van der Waals surface area contributed by atoms with Crippen molar-refractivity contribution in [2.24, 2.45) is 0 Å². The first-order valence-electron chi connectivity index (χ1n) is 15.7. The van der Waals surface area contributed by atoms with Gasteiger partial charge < -0.3 is 24.8 Å². The van der Waals surface area contributed by atoms with E-state index in [1.54, 1.807) is 18.3 Å². The largest absolute Gasteiger partial charge is 0.489 e. The molecule has 0 bridgehead atoms. The first-order chi connectivity index (χ1) is 23.3. The molecule has 2 atom stereocenters. The van der Waals surface area contributed by atoms with E-state index in [2.05, 4.69) is 15.3 Å². The van der Waals surface area contributed by atoms with Gasteiger partial charge in [0.05, 0.1) is 24.9 Å². The lowest BCUT2D eigenvalue weighted by Crippen LogP contribution is -2.52. The number of pyridine rings is 2. The monoisotopic (exact) mass is 678 g/mol. The molecule has 0 unspecified atom stereocenters. The number of aliphatic hydroxyl groups is 1. The Balaban J connectivity index is 1.28. The number of carbonyl (C=O) groups is 3. The number of rotatable bonds is 8. The van der Waals surface area contributed by atoms with E-state index in [-0.39, 0.29) is 66.1 Å². The van der Waals surface area contributed by atoms with E-state index in [0.717, 1.165) is 31.0 Å². The normalized spacial score (nSPS) is 20.1. The number of nitrogens with zero attached hydrogens (tertiary/aromatic N) is 3. The van der Waals surface area contributed by atoms with E-state index in [1.807, 2.05) is 0 Å². The molecule has 14 heteroatoms. The van der Waals surface area contributed by atoms with E-state index in [1.165, 1.54) is 36.1 Å². The van der Waals surface area contributed by atoms with Gasteiger partial charge >= 0.3 is 6.18 Å². The minimum Gasteiger partial charge on any atom is -0.489 e. The molecule has 2 amide bonds. The van der Waals surface area contributed by atoms with Crippen LogP contribution in [0.1, 0.15) is 47.8 Å². The van der Waals surface area contributed by atoms with Gasteiger partial charge in [-0.05, 0) is 68.3 Å². The van der Waals surface area contributed by atoms with Crippen LogP contribution in [0.15, 0.2) is 60.8 Å². The number of Topliss-reactive ketones (excluding diaryl/α,β-unsaturated/α-hetero) is 1. The summed E-state index contributed by atoms with van der Waals surface area (Å²) in [7, 11) is 0. The highest BCUT2D eigenvalue weighted by atomic mass is 19.4. The molecule has 0 radical (unpaired) electrons. The van der Waals surface area contributed by atoms with Crippen LogP contribution >= 0.6 is 0 Å². The molecule has 254 valence electrons. The summed E-state index contributed by atoms with van der Waals surface area (Å²) in [6, 6.07) is 11.9. The average Bonchev–Trinajstić information content (AvgIpc) is 3.69. The van der Waals surface area contributed by atoms with Crippen molar-refractivity contribution in [3.8, 4) is 22.8 Å². The molecule has 10 nitrogen and oxygen atoms in total. The Morgan fingerprint density at radius 3 is 2.57 bits per heavy atom. The number of benzene rings is 2. The van der Waals surface area contributed by atoms with Crippen molar-refractivity contribution in [2.75, 3.05) is 26.2 Å². The minimum absolute atomic E-state index is 0.000860. The molecular formula is C35H30F4N4O6. The number of carbonyl (C=O) groups excluding carboxylic acids is 3. The lowest BCUT2D eigenvalue weighted by Gasteiger charge is -2.32. The highest BCUT2D eigenvalue weighted by Crippen LogP contribution is 2.48. The Labute approximate surface area is 277 Å². The Bertz CT molecular complexity index is 2000. The van der Waals surface area contributed by atoms with Crippen LogP contribution in [0.3, 0.4) is 0 Å². The van der Waals surface area contributed by atoms with Gasteiger partial charge in [0.15, 0.2) is 5.78 Å².